The lowest BCUT2D eigenvalue weighted by Gasteiger charge is -2.22. The zero-order valence-corrected chi connectivity index (χ0v) is 17.9. The van der Waals surface area contributed by atoms with E-state index in [1.54, 1.807) is 12.3 Å². The number of anilines is 4. The van der Waals surface area contributed by atoms with Gasteiger partial charge < -0.3 is 16.0 Å². The van der Waals surface area contributed by atoms with Gasteiger partial charge in [-0.05, 0) is 42.8 Å². The molecule has 4 rings (SSSR count). The lowest BCUT2D eigenvalue weighted by atomic mass is 10.1. The van der Waals surface area contributed by atoms with Crippen LogP contribution >= 0.6 is 0 Å². The van der Waals surface area contributed by atoms with Gasteiger partial charge in [-0.25, -0.2) is 15.0 Å². The highest BCUT2D eigenvalue weighted by Gasteiger charge is 2.30. The molecule has 0 unspecified atom stereocenters. The van der Waals surface area contributed by atoms with Crippen molar-refractivity contribution in [2.45, 2.75) is 38.8 Å². The summed E-state index contributed by atoms with van der Waals surface area (Å²) < 4.78 is 38.7. The predicted octanol–water partition coefficient (Wildman–Crippen LogP) is 4.94. The highest BCUT2D eigenvalue weighted by Crippen LogP contribution is 2.32. The van der Waals surface area contributed by atoms with Crippen molar-refractivity contribution < 1.29 is 13.2 Å². The van der Waals surface area contributed by atoms with Gasteiger partial charge in [-0.1, -0.05) is 13.8 Å². The second-order valence-corrected chi connectivity index (χ2v) is 8.11. The molecule has 0 saturated carbocycles. The first-order valence-corrected chi connectivity index (χ1v) is 10.5. The Kier molecular flexibility index (Phi) is 5.90. The fourth-order valence-corrected chi connectivity index (χ4v) is 3.74. The molecule has 3 heterocycles. The number of alkyl halides is 3. The molecule has 0 bridgehead atoms. The number of nitrogens with one attached hydrogen (secondary N) is 1. The molecule has 1 aliphatic rings. The number of nitrogens with two attached hydrogens (primary N) is 1. The van der Waals surface area contributed by atoms with Crippen LogP contribution in [0.3, 0.4) is 0 Å². The minimum Gasteiger partial charge on any atom is -0.396 e. The van der Waals surface area contributed by atoms with Crippen LogP contribution in [0.4, 0.5) is 36.2 Å². The Morgan fingerprint density at radius 1 is 1.03 bits per heavy atom. The summed E-state index contributed by atoms with van der Waals surface area (Å²) in [6, 6.07) is 8.61. The molecule has 3 aromatic rings. The number of nitrogen functional groups attached to an aromatic ring is 1. The molecular formula is C23H25F3N6. The Morgan fingerprint density at radius 3 is 2.41 bits per heavy atom. The van der Waals surface area contributed by atoms with Crippen molar-refractivity contribution in [3.8, 4) is 0 Å². The standard InChI is InChI=1S/C23H25F3N6/c1-14(2)20-30-19-10-13-32(22-18(27)4-3-11-28-22)12-9-17(19)21(31-20)29-16-7-5-15(6-8-16)23(24,25)26/h3-8,11,14H,9-10,12-13,27H2,1-2H3,(H,29,30,31). The van der Waals surface area contributed by atoms with E-state index in [4.69, 9.17) is 15.7 Å². The summed E-state index contributed by atoms with van der Waals surface area (Å²) in [5.41, 5.74) is 8.51. The highest BCUT2D eigenvalue weighted by atomic mass is 19.4. The van der Waals surface area contributed by atoms with E-state index in [9.17, 15) is 13.2 Å². The molecule has 9 heteroatoms. The van der Waals surface area contributed by atoms with Crippen LogP contribution in [0.1, 0.15) is 42.4 Å². The normalized spacial score (nSPS) is 14.2. The molecule has 0 aliphatic carbocycles. The zero-order chi connectivity index (χ0) is 22.9. The van der Waals surface area contributed by atoms with Gasteiger partial charge in [-0.3, -0.25) is 0 Å². The minimum absolute atomic E-state index is 0.110. The van der Waals surface area contributed by atoms with E-state index < -0.39 is 11.7 Å². The first-order chi connectivity index (χ1) is 15.2. The van der Waals surface area contributed by atoms with E-state index in [1.165, 1.54) is 12.1 Å². The molecule has 1 aromatic carbocycles. The molecular weight excluding hydrogens is 417 g/mol. The highest BCUT2D eigenvalue weighted by molar-refractivity contribution is 5.64. The van der Waals surface area contributed by atoms with Crippen LogP contribution in [0.15, 0.2) is 42.6 Å². The summed E-state index contributed by atoms with van der Waals surface area (Å²) in [4.78, 5) is 16.1. The second kappa shape index (κ2) is 8.64. The maximum absolute atomic E-state index is 12.9. The Balaban J connectivity index is 1.65. The average molecular weight is 442 g/mol. The van der Waals surface area contributed by atoms with Gasteiger partial charge in [-0.2, -0.15) is 13.2 Å². The maximum Gasteiger partial charge on any atom is 0.416 e. The summed E-state index contributed by atoms with van der Waals surface area (Å²) in [5.74, 6) is 2.19. The number of halogens is 3. The first kappa shape index (κ1) is 21.9. The van der Waals surface area contributed by atoms with Gasteiger partial charge in [0.05, 0.1) is 16.9 Å². The molecule has 2 aromatic heterocycles. The largest absolute Gasteiger partial charge is 0.416 e. The zero-order valence-electron chi connectivity index (χ0n) is 17.9. The van der Waals surface area contributed by atoms with Crippen LogP contribution in [0.25, 0.3) is 0 Å². The number of nitrogens with zero attached hydrogens (tertiary/aromatic N) is 4. The lowest BCUT2D eigenvalue weighted by molar-refractivity contribution is -0.137. The molecule has 1 aliphatic heterocycles. The molecule has 0 saturated heterocycles. The molecule has 168 valence electrons. The van der Waals surface area contributed by atoms with Crippen molar-refractivity contribution >= 4 is 23.0 Å². The topological polar surface area (TPSA) is 80.0 Å². The predicted molar refractivity (Wildman–Crippen MR) is 119 cm³/mol. The van der Waals surface area contributed by atoms with Gasteiger partial charge in [0.15, 0.2) is 5.82 Å². The molecule has 3 N–H and O–H groups in total. The van der Waals surface area contributed by atoms with Crippen LogP contribution in [-0.2, 0) is 19.0 Å². The van der Waals surface area contributed by atoms with Gasteiger partial charge in [0.2, 0.25) is 0 Å². The van der Waals surface area contributed by atoms with E-state index in [2.05, 4.69) is 15.2 Å². The number of rotatable bonds is 4. The third-order valence-electron chi connectivity index (χ3n) is 5.47. The van der Waals surface area contributed by atoms with Gasteiger partial charge >= 0.3 is 6.18 Å². The van der Waals surface area contributed by atoms with Crippen molar-refractivity contribution in [3.63, 3.8) is 0 Å². The maximum atomic E-state index is 12.9. The van der Waals surface area contributed by atoms with Crippen LogP contribution in [0.5, 0.6) is 0 Å². The fourth-order valence-electron chi connectivity index (χ4n) is 3.74. The smallest absolute Gasteiger partial charge is 0.396 e. The van der Waals surface area contributed by atoms with Crippen LogP contribution < -0.4 is 16.0 Å². The summed E-state index contributed by atoms with van der Waals surface area (Å²) in [5, 5.41) is 3.22. The number of fused-ring (bicyclic) bond motifs is 1. The van der Waals surface area contributed by atoms with Crippen molar-refractivity contribution in [2.75, 3.05) is 29.0 Å². The SMILES string of the molecule is CC(C)c1nc2c(c(Nc3ccc(C(F)(F)F)cc3)n1)CCN(c1ncccc1N)CC2. The van der Waals surface area contributed by atoms with Gasteiger partial charge in [0.1, 0.15) is 11.6 Å². The van der Waals surface area contributed by atoms with Crippen molar-refractivity contribution in [1.29, 1.82) is 0 Å². The van der Waals surface area contributed by atoms with Gasteiger partial charge in [-0.15, -0.1) is 0 Å². The van der Waals surface area contributed by atoms with Crippen molar-refractivity contribution in [2.24, 2.45) is 0 Å². The molecule has 6 nitrogen and oxygen atoms in total. The van der Waals surface area contributed by atoms with E-state index in [0.717, 1.165) is 29.2 Å². The molecule has 0 radical (unpaired) electrons. The number of hydrogen-bond donors (Lipinski definition) is 2. The van der Waals surface area contributed by atoms with E-state index >= 15 is 0 Å². The molecule has 32 heavy (non-hydrogen) atoms. The fraction of sp³-hybridized carbons (Fsp3) is 0.348. The molecule has 0 fully saturated rings. The average Bonchev–Trinajstić information content (AvgIpc) is 2.96. The lowest BCUT2D eigenvalue weighted by Crippen LogP contribution is -2.27. The summed E-state index contributed by atoms with van der Waals surface area (Å²) in [6.07, 6.45) is -1.30. The van der Waals surface area contributed by atoms with E-state index in [1.807, 2.05) is 19.9 Å². The number of benzene rings is 1. The van der Waals surface area contributed by atoms with Crippen LogP contribution in [-0.4, -0.2) is 28.0 Å². The Bertz CT molecular complexity index is 1100. The Morgan fingerprint density at radius 2 is 1.75 bits per heavy atom. The number of aromatic nitrogens is 3. The minimum atomic E-state index is -4.37. The number of hydrogen-bond acceptors (Lipinski definition) is 6. The molecule has 0 amide bonds. The first-order valence-electron chi connectivity index (χ1n) is 10.5. The second-order valence-electron chi connectivity index (χ2n) is 8.11. The third kappa shape index (κ3) is 4.61. The van der Waals surface area contributed by atoms with Crippen molar-refractivity contribution in [1.82, 2.24) is 15.0 Å². The monoisotopic (exact) mass is 442 g/mol. The summed E-state index contributed by atoms with van der Waals surface area (Å²) in [6.45, 7) is 5.42. The van der Waals surface area contributed by atoms with Crippen molar-refractivity contribution in [3.05, 3.63) is 65.2 Å². The number of pyridine rings is 1. The van der Waals surface area contributed by atoms with Gasteiger partial charge in [0, 0.05) is 42.9 Å². The van der Waals surface area contributed by atoms with E-state index in [0.29, 0.717) is 48.9 Å². The van der Waals surface area contributed by atoms with Crippen LogP contribution in [0, 0.1) is 0 Å². The Labute approximate surface area is 184 Å². The van der Waals surface area contributed by atoms with E-state index in [-0.39, 0.29) is 5.92 Å². The molecule has 0 spiro atoms. The quantitative estimate of drug-likeness (QED) is 0.596. The van der Waals surface area contributed by atoms with Crippen LogP contribution in [0.2, 0.25) is 0 Å². The Hall–Kier alpha value is -3.36. The molecule has 0 atom stereocenters. The summed E-state index contributed by atoms with van der Waals surface area (Å²) >= 11 is 0. The third-order valence-corrected chi connectivity index (χ3v) is 5.47. The summed E-state index contributed by atoms with van der Waals surface area (Å²) in [7, 11) is 0. The van der Waals surface area contributed by atoms with Gasteiger partial charge in [0.25, 0.3) is 0 Å².